The highest BCUT2D eigenvalue weighted by Crippen LogP contribution is 2.26. The number of amides is 1. The molecule has 0 fully saturated rings. The van der Waals surface area contributed by atoms with Gasteiger partial charge in [0.15, 0.2) is 0 Å². The van der Waals surface area contributed by atoms with E-state index < -0.39 is 0 Å². The Balaban J connectivity index is 2.07. The molecule has 0 aliphatic rings. The van der Waals surface area contributed by atoms with Crippen LogP contribution in [-0.4, -0.2) is 48.2 Å². The molecule has 1 N–H and O–H groups in total. The summed E-state index contributed by atoms with van der Waals surface area (Å²) in [5.41, 5.74) is 0.994. The maximum atomic E-state index is 12.2. The standard InChI is InChI=1S/C16H22N4O2/c1-12-18-19-16(22-12)14(13-7-5-4-6-8-13)11-15(21)17-9-10-20(2)3/h4-8,14H,9-11H2,1-3H3,(H,17,21). The van der Waals surface area contributed by atoms with Crippen molar-refractivity contribution in [3.63, 3.8) is 0 Å². The molecule has 0 bridgehead atoms. The predicted molar refractivity (Wildman–Crippen MR) is 83.5 cm³/mol. The topological polar surface area (TPSA) is 71.3 Å². The van der Waals surface area contributed by atoms with Gasteiger partial charge in [-0.05, 0) is 19.7 Å². The third kappa shape index (κ3) is 4.66. The summed E-state index contributed by atoms with van der Waals surface area (Å²) in [5.74, 6) is 0.740. The molecule has 1 atom stereocenters. The molecule has 1 amide bonds. The molecule has 22 heavy (non-hydrogen) atoms. The number of aromatic nitrogens is 2. The van der Waals surface area contributed by atoms with Crippen LogP contribution in [-0.2, 0) is 4.79 Å². The number of rotatable bonds is 7. The Labute approximate surface area is 130 Å². The zero-order valence-corrected chi connectivity index (χ0v) is 13.2. The minimum absolute atomic E-state index is 0.0217. The lowest BCUT2D eigenvalue weighted by atomic mass is 9.95. The largest absolute Gasteiger partial charge is 0.425 e. The maximum Gasteiger partial charge on any atom is 0.224 e. The molecule has 1 aromatic carbocycles. The van der Waals surface area contributed by atoms with Crippen LogP contribution < -0.4 is 5.32 Å². The van der Waals surface area contributed by atoms with Crippen LogP contribution in [0, 0.1) is 6.92 Å². The fraction of sp³-hybridized carbons (Fsp3) is 0.438. The number of nitrogens with zero attached hydrogens (tertiary/aromatic N) is 3. The summed E-state index contributed by atoms with van der Waals surface area (Å²) in [7, 11) is 3.94. The monoisotopic (exact) mass is 302 g/mol. The average Bonchev–Trinajstić information content (AvgIpc) is 2.91. The van der Waals surface area contributed by atoms with Gasteiger partial charge in [0.05, 0.1) is 5.92 Å². The lowest BCUT2D eigenvalue weighted by Gasteiger charge is -2.14. The molecule has 0 spiro atoms. The van der Waals surface area contributed by atoms with Crippen molar-refractivity contribution in [3.05, 3.63) is 47.7 Å². The molecule has 6 heteroatoms. The van der Waals surface area contributed by atoms with Gasteiger partial charge in [-0.15, -0.1) is 10.2 Å². The molecule has 0 saturated carbocycles. The van der Waals surface area contributed by atoms with Crippen molar-refractivity contribution >= 4 is 5.91 Å². The normalized spacial score (nSPS) is 12.4. The third-order valence-electron chi connectivity index (χ3n) is 3.31. The average molecular weight is 302 g/mol. The fourth-order valence-electron chi connectivity index (χ4n) is 2.16. The first-order valence-corrected chi connectivity index (χ1v) is 7.32. The van der Waals surface area contributed by atoms with Gasteiger partial charge in [-0.25, -0.2) is 0 Å². The predicted octanol–water partition coefficient (Wildman–Crippen LogP) is 1.58. The van der Waals surface area contributed by atoms with Crippen LogP contribution in [0.4, 0.5) is 0 Å². The molecule has 1 unspecified atom stereocenters. The molecule has 0 radical (unpaired) electrons. The Hall–Kier alpha value is -2.21. The third-order valence-corrected chi connectivity index (χ3v) is 3.31. The summed E-state index contributed by atoms with van der Waals surface area (Å²) in [6.45, 7) is 3.17. The second kappa shape index (κ2) is 7.70. The number of carbonyl (C=O) groups is 1. The van der Waals surface area contributed by atoms with Crippen LogP contribution in [0.2, 0.25) is 0 Å². The van der Waals surface area contributed by atoms with Crippen molar-refractivity contribution in [1.29, 1.82) is 0 Å². The van der Waals surface area contributed by atoms with Crippen LogP contribution in [0.5, 0.6) is 0 Å². The Bertz CT molecular complexity index is 595. The number of likely N-dealkylation sites (N-methyl/N-ethyl adjacent to an activating group) is 1. The summed E-state index contributed by atoms with van der Waals surface area (Å²) < 4.78 is 5.53. The van der Waals surface area contributed by atoms with Gasteiger partial charge in [-0.1, -0.05) is 30.3 Å². The van der Waals surface area contributed by atoms with E-state index in [0.29, 0.717) is 24.7 Å². The number of benzene rings is 1. The van der Waals surface area contributed by atoms with Crippen molar-refractivity contribution in [3.8, 4) is 0 Å². The first-order valence-electron chi connectivity index (χ1n) is 7.32. The molecule has 0 aliphatic heterocycles. The maximum absolute atomic E-state index is 12.2. The molecule has 6 nitrogen and oxygen atoms in total. The Morgan fingerprint density at radius 3 is 2.59 bits per heavy atom. The Kier molecular flexibility index (Phi) is 5.66. The van der Waals surface area contributed by atoms with Gasteiger partial charge in [0.25, 0.3) is 0 Å². The first-order chi connectivity index (χ1) is 10.6. The molecular weight excluding hydrogens is 280 g/mol. The van der Waals surface area contributed by atoms with E-state index in [-0.39, 0.29) is 11.8 Å². The minimum Gasteiger partial charge on any atom is -0.425 e. The molecule has 1 aromatic heterocycles. The van der Waals surface area contributed by atoms with Gasteiger partial charge in [-0.2, -0.15) is 0 Å². The van der Waals surface area contributed by atoms with Gasteiger partial charge < -0.3 is 14.6 Å². The van der Waals surface area contributed by atoms with E-state index in [1.165, 1.54) is 0 Å². The van der Waals surface area contributed by atoms with Crippen molar-refractivity contribution < 1.29 is 9.21 Å². The second-order valence-electron chi connectivity index (χ2n) is 5.48. The zero-order chi connectivity index (χ0) is 15.9. The molecule has 118 valence electrons. The van der Waals surface area contributed by atoms with Crippen molar-refractivity contribution in [1.82, 2.24) is 20.4 Å². The van der Waals surface area contributed by atoms with Crippen LogP contribution >= 0.6 is 0 Å². The number of hydrogen-bond acceptors (Lipinski definition) is 5. The zero-order valence-electron chi connectivity index (χ0n) is 13.2. The molecule has 2 aromatic rings. The second-order valence-corrected chi connectivity index (χ2v) is 5.48. The Morgan fingerprint density at radius 2 is 2.00 bits per heavy atom. The molecule has 0 saturated heterocycles. The van der Waals surface area contributed by atoms with E-state index >= 15 is 0 Å². The summed E-state index contributed by atoms with van der Waals surface area (Å²) >= 11 is 0. The van der Waals surface area contributed by atoms with E-state index in [0.717, 1.165) is 12.1 Å². The van der Waals surface area contributed by atoms with Crippen molar-refractivity contribution in [2.75, 3.05) is 27.2 Å². The van der Waals surface area contributed by atoms with Crippen molar-refractivity contribution in [2.24, 2.45) is 0 Å². The van der Waals surface area contributed by atoms with E-state index in [4.69, 9.17) is 4.42 Å². The van der Waals surface area contributed by atoms with Gasteiger partial charge in [0.2, 0.25) is 17.7 Å². The highest BCUT2D eigenvalue weighted by molar-refractivity contribution is 5.77. The van der Waals surface area contributed by atoms with Gasteiger partial charge in [0.1, 0.15) is 0 Å². The highest BCUT2D eigenvalue weighted by atomic mass is 16.4. The number of hydrogen-bond donors (Lipinski definition) is 1. The van der Waals surface area contributed by atoms with Gasteiger partial charge in [0, 0.05) is 26.4 Å². The highest BCUT2D eigenvalue weighted by Gasteiger charge is 2.23. The van der Waals surface area contributed by atoms with Crippen LogP contribution in [0.1, 0.15) is 29.7 Å². The van der Waals surface area contributed by atoms with E-state index in [1.807, 2.05) is 49.3 Å². The number of aryl methyl sites for hydroxylation is 1. The smallest absolute Gasteiger partial charge is 0.224 e. The number of carbonyl (C=O) groups excluding carboxylic acids is 1. The quantitative estimate of drug-likeness (QED) is 0.841. The fourth-order valence-corrected chi connectivity index (χ4v) is 2.16. The van der Waals surface area contributed by atoms with Gasteiger partial charge >= 0.3 is 0 Å². The van der Waals surface area contributed by atoms with E-state index in [1.54, 1.807) is 6.92 Å². The molecule has 1 heterocycles. The summed E-state index contributed by atoms with van der Waals surface area (Å²) in [6.07, 6.45) is 0.291. The van der Waals surface area contributed by atoms with Crippen LogP contribution in [0.3, 0.4) is 0 Å². The lowest BCUT2D eigenvalue weighted by molar-refractivity contribution is -0.121. The summed E-state index contributed by atoms with van der Waals surface area (Å²) in [5, 5.41) is 10.9. The molecule has 0 aliphatic carbocycles. The van der Waals surface area contributed by atoms with E-state index in [2.05, 4.69) is 15.5 Å². The number of nitrogens with one attached hydrogen (secondary N) is 1. The molecule has 2 rings (SSSR count). The first kappa shape index (κ1) is 16.2. The lowest BCUT2D eigenvalue weighted by Crippen LogP contribution is -2.32. The SMILES string of the molecule is Cc1nnc(C(CC(=O)NCCN(C)C)c2ccccc2)o1. The van der Waals surface area contributed by atoms with E-state index in [9.17, 15) is 4.79 Å². The van der Waals surface area contributed by atoms with Gasteiger partial charge in [-0.3, -0.25) is 4.79 Å². The van der Waals surface area contributed by atoms with Crippen molar-refractivity contribution in [2.45, 2.75) is 19.3 Å². The summed E-state index contributed by atoms with van der Waals surface area (Å²) in [4.78, 5) is 14.2. The molecular formula is C16H22N4O2. The Morgan fingerprint density at radius 1 is 1.27 bits per heavy atom. The summed E-state index contributed by atoms with van der Waals surface area (Å²) in [6, 6.07) is 9.76. The van der Waals surface area contributed by atoms with Crippen LogP contribution in [0.15, 0.2) is 34.7 Å². The van der Waals surface area contributed by atoms with Crippen LogP contribution in [0.25, 0.3) is 0 Å². The minimum atomic E-state index is -0.221.